The van der Waals surface area contributed by atoms with Crippen LogP contribution in [0.5, 0.6) is 0 Å². The molecule has 0 fully saturated rings. The van der Waals surface area contributed by atoms with Gasteiger partial charge in [0, 0.05) is 20.0 Å². The van der Waals surface area contributed by atoms with Gasteiger partial charge in [0.15, 0.2) is 0 Å². The molecule has 0 aliphatic carbocycles. The molecule has 28 heavy (non-hydrogen) atoms. The van der Waals surface area contributed by atoms with E-state index >= 15 is 0 Å². The SMILES string of the molecule is CCCCCCCC/C=C\CCCCCCCC(=O)N(C)CCS(=O)(=O)[O-].[K+]. The monoisotopic (exact) mass is 441 g/mol. The van der Waals surface area contributed by atoms with Crippen molar-refractivity contribution in [1.29, 1.82) is 0 Å². The Morgan fingerprint density at radius 1 is 0.857 bits per heavy atom. The Morgan fingerprint density at radius 2 is 1.32 bits per heavy atom. The standard InChI is InChI=1S/C21H41NO4S.K/c1-3-4-5-6-7-8-9-10-11-12-13-14-15-16-17-18-21(23)22(2)19-20-27(24,25)26;/h10-11H,3-9,12-20H2,1-2H3,(H,24,25,26);/q;+1/p-1/b11-10-;. The van der Waals surface area contributed by atoms with Crippen LogP contribution in [0.3, 0.4) is 0 Å². The summed E-state index contributed by atoms with van der Waals surface area (Å²) >= 11 is 0. The second-order valence-electron chi connectivity index (χ2n) is 7.41. The van der Waals surface area contributed by atoms with Gasteiger partial charge in [-0.25, -0.2) is 8.42 Å². The summed E-state index contributed by atoms with van der Waals surface area (Å²) in [5.74, 6) is -0.599. The maximum atomic E-state index is 11.8. The van der Waals surface area contributed by atoms with Gasteiger partial charge in [0.1, 0.15) is 0 Å². The van der Waals surface area contributed by atoms with Gasteiger partial charge in [-0.3, -0.25) is 4.79 Å². The van der Waals surface area contributed by atoms with E-state index in [-0.39, 0.29) is 63.8 Å². The van der Waals surface area contributed by atoms with Crippen molar-refractivity contribution in [3.05, 3.63) is 12.2 Å². The van der Waals surface area contributed by atoms with Crippen LogP contribution in [-0.4, -0.2) is 43.1 Å². The Hall–Kier alpha value is 0.756. The zero-order valence-corrected chi connectivity index (χ0v) is 22.4. The number of allylic oxidation sites excluding steroid dienone is 2. The van der Waals surface area contributed by atoms with Gasteiger partial charge in [0.2, 0.25) is 5.91 Å². The average molecular weight is 442 g/mol. The molecule has 0 aromatic carbocycles. The van der Waals surface area contributed by atoms with Gasteiger partial charge < -0.3 is 9.45 Å². The minimum atomic E-state index is -4.25. The van der Waals surface area contributed by atoms with E-state index in [1.165, 1.54) is 62.7 Å². The van der Waals surface area contributed by atoms with E-state index in [1.807, 2.05) is 0 Å². The van der Waals surface area contributed by atoms with Gasteiger partial charge in [-0.1, -0.05) is 70.4 Å². The average Bonchev–Trinajstić information content (AvgIpc) is 2.62. The maximum Gasteiger partial charge on any atom is 1.00 e. The number of carbonyl (C=O) groups is 1. The van der Waals surface area contributed by atoms with Gasteiger partial charge >= 0.3 is 51.4 Å². The van der Waals surface area contributed by atoms with Gasteiger partial charge in [-0.2, -0.15) is 0 Å². The number of unbranched alkanes of at least 4 members (excludes halogenated alkanes) is 11. The summed E-state index contributed by atoms with van der Waals surface area (Å²) < 4.78 is 31.7. The summed E-state index contributed by atoms with van der Waals surface area (Å²) in [5, 5.41) is 0. The molecule has 160 valence electrons. The number of hydrogen-bond donors (Lipinski definition) is 0. The van der Waals surface area contributed by atoms with Gasteiger partial charge in [0.05, 0.1) is 15.9 Å². The van der Waals surface area contributed by atoms with E-state index in [2.05, 4.69) is 19.1 Å². The van der Waals surface area contributed by atoms with E-state index < -0.39 is 15.9 Å². The second-order valence-corrected chi connectivity index (χ2v) is 8.93. The summed E-state index contributed by atoms with van der Waals surface area (Å²) in [7, 11) is -2.71. The molecule has 0 saturated heterocycles. The predicted molar refractivity (Wildman–Crippen MR) is 112 cm³/mol. The van der Waals surface area contributed by atoms with Crippen molar-refractivity contribution in [1.82, 2.24) is 4.90 Å². The fraction of sp³-hybridized carbons (Fsp3) is 0.857. The van der Waals surface area contributed by atoms with Crippen LogP contribution in [0.15, 0.2) is 12.2 Å². The van der Waals surface area contributed by atoms with Crippen molar-refractivity contribution >= 4 is 16.0 Å². The molecule has 1 amide bonds. The molecular weight excluding hydrogens is 401 g/mol. The van der Waals surface area contributed by atoms with Crippen molar-refractivity contribution in [3.8, 4) is 0 Å². The first-order valence-electron chi connectivity index (χ1n) is 10.7. The van der Waals surface area contributed by atoms with Gasteiger partial charge in [-0.05, 0) is 32.1 Å². The van der Waals surface area contributed by atoms with Crippen LogP contribution < -0.4 is 51.4 Å². The van der Waals surface area contributed by atoms with Crippen LogP contribution in [0.2, 0.25) is 0 Å². The molecular formula is C21H40KNO4S. The molecule has 0 atom stereocenters. The van der Waals surface area contributed by atoms with Crippen LogP contribution >= 0.6 is 0 Å². The van der Waals surface area contributed by atoms with Gasteiger partial charge in [-0.15, -0.1) is 0 Å². The fourth-order valence-corrected chi connectivity index (χ4v) is 3.41. The van der Waals surface area contributed by atoms with Crippen LogP contribution in [0.25, 0.3) is 0 Å². The third kappa shape index (κ3) is 23.0. The molecule has 0 aromatic heterocycles. The minimum Gasteiger partial charge on any atom is -0.748 e. The first-order chi connectivity index (χ1) is 12.9. The summed E-state index contributed by atoms with van der Waals surface area (Å²) in [6.45, 7) is 2.23. The molecule has 0 aliphatic heterocycles. The fourth-order valence-electron chi connectivity index (χ4n) is 2.91. The summed E-state index contributed by atoms with van der Waals surface area (Å²) in [4.78, 5) is 13.2. The zero-order valence-electron chi connectivity index (χ0n) is 18.5. The Kier molecular flexibility index (Phi) is 23.2. The first kappa shape index (κ1) is 30.9. The van der Waals surface area contributed by atoms with Crippen LogP contribution in [0.1, 0.15) is 96.8 Å². The smallest absolute Gasteiger partial charge is 0.748 e. The third-order valence-electron chi connectivity index (χ3n) is 4.75. The Bertz CT molecular complexity index is 495. The van der Waals surface area contributed by atoms with E-state index in [9.17, 15) is 17.8 Å². The minimum absolute atomic E-state index is 0. The van der Waals surface area contributed by atoms with Gasteiger partial charge in [0.25, 0.3) is 0 Å². The molecule has 0 bridgehead atoms. The van der Waals surface area contributed by atoms with Crippen LogP contribution in [0, 0.1) is 0 Å². The summed E-state index contributed by atoms with van der Waals surface area (Å²) in [6, 6.07) is 0. The number of hydrogen-bond acceptors (Lipinski definition) is 4. The van der Waals surface area contributed by atoms with E-state index in [0.717, 1.165) is 25.7 Å². The number of rotatable bonds is 18. The molecule has 0 aliphatic rings. The molecule has 0 heterocycles. The molecule has 7 heteroatoms. The normalized spacial score (nSPS) is 11.5. The Morgan fingerprint density at radius 3 is 1.82 bits per heavy atom. The number of nitrogens with zero attached hydrogens (tertiary/aromatic N) is 1. The predicted octanol–water partition coefficient (Wildman–Crippen LogP) is 2.03. The molecule has 0 aromatic rings. The molecule has 0 radical (unpaired) electrons. The molecule has 0 spiro atoms. The Balaban J connectivity index is 0. The second kappa shape index (κ2) is 21.0. The Labute approximate surface area is 216 Å². The van der Waals surface area contributed by atoms with E-state index in [1.54, 1.807) is 7.05 Å². The quantitative estimate of drug-likeness (QED) is 0.141. The van der Waals surface area contributed by atoms with Crippen LogP contribution in [0.4, 0.5) is 0 Å². The molecule has 5 nitrogen and oxygen atoms in total. The summed E-state index contributed by atoms with van der Waals surface area (Å²) in [6.07, 6.45) is 20.8. The molecule has 0 rings (SSSR count). The molecule has 0 N–H and O–H groups in total. The number of carbonyl (C=O) groups excluding carboxylic acids is 1. The van der Waals surface area contributed by atoms with Crippen molar-refractivity contribution < 1.29 is 69.1 Å². The topological polar surface area (TPSA) is 77.5 Å². The summed E-state index contributed by atoms with van der Waals surface area (Å²) in [5.41, 5.74) is 0. The van der Waals surface area contributed by atoms with Crippen molar-refractivity contribution in [2.24, 2.45) is 0 Å². The van der Waals surface area contributed by atoms with Crippen molar-refractivity contribution in [3.63, 3.8) is 0 Å². The van der Waals surface area contributed by atoms with E-state index in [0.29, 0.717) is 6.42 Å². The maximum absolute atomic E-state index is 11.8. The first-order valence-corrected chi connectivity index (χ1v) is 12.3. The number of amides is 1. The van der Waals surface area contributed by atoms with Crippen LogP contribution in [-0.2, 0) is 14.9 Å². The van der Waals surface area contributed by atoms with Crippen molar-refractivity contribution in [2.45, 2.75) is 96.8 Å². The molecule has 0 saturated carbocycles. The molecule has 0 unspecified atom stereocenters. The van der Waals surface area contributed by atoms with E-state index in [4.69, 9.17) is 0 Å². The third-order valence-corrected chi connectivity index (χ3v) is 5.44. The largest absolute Gasteiger partial charge is 1.00 e. The van der Waals surface area contributed by atoms with Crippen molar-refractivity contribution in [2.75, 3.05) is 19.3 Å². The zero-order chi connectivity index (χ0) is 20.4.